The van der Waals surface area contributed by atoms with Gasteiger partial charge in [0.15, 0.2) is 0 Å². The van der Waals surface area contributed by atoms with Crippen LogP contribution in [0.25, 0.3) is 0 Å². The first-order chi connectivity index (χ1) is 9.26. The van der Waals surface area contributed by atoms with Crippen LogP contribution >= 0.6 is 0 Å². The Morgan fingerprint density at radius 1 is 1.21 bits per heavy atom. The molecule has 2 rings (SSSR count). The molecule has 2 nitrogen and oxygen atoms in total. The van der Waals surface area contributed by atoms with E-state index >= 15 is 0 Å². The van der Waals surface area contributed by atoms with Gasteiger partial charge < -0.3 is 10.1 Å². The van der Waals surface area contributed by atoms with E-state index in [0.717, 1.165) is 13.1 Å². The Hall–Kier alpha value is -0.860. The zero-order chi connectivity index (χ0) is 13.6. The number of hydrogen-bond acceptors (Lipinski definition) is 2. The quantitative estimate of drug-likeness (QED) is 0.747. The SMILES string of the molecule is CCCNCC1(OC(C)c2ccccc2)CCCC1. The van der Waals surface area contributed by atoms with Crippen molar-refractivity contribution in [3.05, 3.63) is 35.9 Å². The van der Waals surface area contributed by atoms with Crippen molar-refractivity contribution < 1.29 is 4.74 Å². The van der Waals surface area contributed by atoms with Crippen molar-refractivity contribution in [2.24, 2.45) is 0 Å². The molecule has 1 saturated carbocycles. The van der Waals surface area contributed by atoms with Crippen molar-refractivity contribution >= 4 is 0 Å². The first-order valence-corrected chi connectivity index (χ1v) is 7.69. The van der Waals surface area contributed by atoms with Gasteiger partial charge in [0.1, 0.15) is 0 Å². The minimum Gasteiger partial charge on any atom is -0.366 e. The molecule has 0 amide bonds. The molecule has 0 spiro atoms. The third-order valence-electron chi connectivity index (χ3n) is 4.08. The summed E-state index contributed by atoms with van der Waals surface area (Å²) in [6.45, 7) is 6.47. The Morgan fingerprint density at radius 3 is 2.53 bits per heavy atom. The highest BCUT2D eigenvalue weighted by atomic mass is 16.5. The van der Waals surface area contributed by atoms with Gasteiger partial charge in [-0.05, 0) is 38.3 Å². The van der Waals surface area contributed by atoms with Crippen molar-refractivity contribution in [3.63, 3.8) is 0 Å². The van der Waals surface area contributed by atoms with Crippen LogP contribution in [-0.2, 0) is 4.74 Å². The van der Waals surface area contributed by atoms with E-state index in [4.69, 9.17) is 4.74 Å². The predicted molar refractivity (Wildman–Crippen MR) is 80.3 cm³/mol. The minimum absolute atomic E-state index is 0.0599. The smallest absolute Gasteiger partial charge is 0.0814 e. The molecule has 1 atom stereocenters. The van der Waals surface area contributed by atoms with Crippen LogP contribution in [0.5, 0.6) is 0 Å². The zero-order valence-corrected chi connectivity index (χ0v) is 12.3. The van der Waals surface area contributed by atoms with Crippen molar-refractivity contribution in [2.75, 3.05) is 13.1 Å². The first kappa shape index (κ1) is 14.5. The summed E-state index contributed by atoms with van der Waals surface area (Å²) >= 11 is 0. The molecular weight excluding hydrogens is 234 g/mol. The highest BCUT2D eigenvalue weighted by molar-refractivity contribution is 5.17. The summed E-state index contributed by atoms with van der Waals surface area (Å²) in [4.78, 5) is 0. The molecule has 0 bridgehead atoms. The lowest BCUT2D eigenvalue weighted by atomic mass is 10.0. The molecular formula is C17H27NO. The summed E-state index contributed by atoms with van der Waals surface area (Å²) in [5.74, 6) is 0. The Bertz CT molecular complexity index is 357. The summed E-state index contributed by atoms with van der Waals surface area (Å²) in [5, 5.41) is 3.55. The van der Waals surface area contributed by atoms with E-state index < -0.39 is 0 Å². The largest absolute Gasteiger partial charge is 0.366 e. The first-order valence-electron chi connectivity index (χ1n) is 7.69. The second-order valence-corrected chi connectivity index (χ2v) is 5.74. The Labute approximate surface area is 117 Å². The van der Waals surface area contributed by atoms with Gasteiger partial charge in [0, 0.05) is 6.54 Å². The van der Waals surface area contributed by atoms with Crippen molar-refractivity contribution in [1.82, 2.24) is 5.32 Å². The second kappa shape index (κ2) is 7.06. The molecule has 106 valence electrons. The highest BCUT2D eigenvalue weighted by Crippen LogP contribution is 2.36. The number of ether oxygens (including phenoxy) is 1. The fourth-order valence-electron chi connectivity index (χ4n) is 3.02. The maximum Gasteiger partial charge on any atom is 0.0814 e. The van der Waals surface area contributed by atoms with E-state index in [1.165, 1.54) is 37.7 Å². The normalized spacial score (nSPS) is 19.5. The van der Waals surface area contributed by atoms with Crippen LogP contribution < -0.4 is 5.32 Å². The van der Waals surface area contributed by atoms with Gasteiger partial charge in [-0.3, -0.25) is 0 Å². The van der Waals surface area contributed by atoms with E-state index in [-0.39, 0.29) is 11.7 Å². The van der Waals surface area contributed by atoms with Gasteiger partial charge in [-0.2, -0.15) is 0 Å². The van der Waals surface area contributed by atoms with Gasteiger partial charge in [0.2, 0.25) is 0 Å². The lowest BCUT2D eigenvalue weighted by Gasteiger charge is -2.33. The summed E-state index contributed by atoms with van der Waals surface area (Å²) in [6.07, 6.45) is 6.36. The van der Waals surface area contributed by atoms with E-state index in [1.54, 1.807) is 0 Å². The minimum atomic E-state index is 0.0599. The molecule has 0 heterocycles. The molecule has 1 aliphatic rings. The maximum atomic E-state index is 6.47. The van der Waals surface area contributed by atoms with E-state index in [2.05, 4.69) is 49.5 Å². The Kier molecular flexibility index (Phi) is 5.41. The fourth-order valence-corrected chi connectivity index (χ4v) is 3.02. The van der Waals surface area contributed by atoms with Crippen LogP contribution in [-0.4, -0.2) is 18.7 Å². The average molecular weight is 261 g/mol. The number of rotatable bonds is 7. The lowest BCUT2D eigenvalue weighted by molar-refractivity contribution is -0.0833. The third-order valence-corrected chi connectivity index (χ3v) is 4.08. The van der Waals surface area contributed by atoms with Crippen molar-refractivity contribution in [1.29, 1.82) is 0 Å². The molecule has 1 aromatic rings. The molecule has 1 N–H and O–H groups in total. The second-order valence-electron chi connectivity index (χ2n) is 5.74. The maximum absolute atomic E-state index is 6.47. The van der Waals surface area contributed by atoms with Crippen LogP contribution in [0.3, 0.4) is 0 Å². The van der Waals surface area contributed by atoms with Crippen molar-refractivity contribution in [2.45, 2.75) is 57.7 Å². The number of hydrogen-bond donors (Lipinski definition) is 1. The highest BCUT2D eigenvalue weighted by Gasteiger charge is 2.36. The zero-order valence-electron chi connectivity index (χ0n) is 12.3. The summed E-state index contributed by atoms with van der Waals surface area (Å²) in [5.41, 5.74) is 1.34. The van der Waals surface area contributed by atoms with Crippen LogP contribution in [0, 0.1) is 0 Å². The summed E-state index contributed by atoms with van der Waals surface area (Å²) < 4.78 is 6.47. The molecule has 1 unspecified atom stereocenters. The fraction of sp³-hybridized carbons (Fsp3) is 0.647. The predicted octanol–water partition coefficient (Wildman–Crippen LogP) is 4.08. The third kappa shape index (κ3) is 4.05. The van der Waals surface area contributed by atoms with Gasteiger partial charge in [0.25, 0.3) is 0 Å². The molecule has 0 saturated heterocycles. The molecule has 0 aromatic heterocycles. The van der Waals surface area contributed by atoms with E-state index in [0.29, 0.717) is 0 Å². The Balaban J connectivity index is 1.96. The topological polar surface area (TPSA) is 21.3 Å². The molecule has 1 aliphatic carbocycles. The van der Waals surface area contributed by atoms with Gasteiger partial charge in [0.05, 0.1) is 11.7 Å². The standard InChI is InChI=1S/C17H27NO/c1-3-13-18-14-17(11-7-8-12-17)19-15(2)16-9-5-4-6-10-16/h4-6,9-10,15,18H,3,7-8,11-14H2,1-2H3. The molecule has 0 radical (unpaired) electrons. The number of benzene rings is 1. The summed E-state index contributed by atoms with van der Waals surface area (Å²) in [6, 6.07) is 10.6. The Morgan fingerprint density at radius 2 is 1.89 bits per heavy atom. The van der Waals surface area contributed by atoms with Gasteiger partial charge in [-0.1, -0.05) is 50.1 Å². The van der Waals surface area contributed by atoms with Crippen LogP contribution in [0.1, 0.15) is 57.6 Å². The van der Waals surface area contributed by atoms with Crippen LogP contribution in [0.2, 0.25) is 0 Å². The molecule has 19 heavy (non-hydrogen) atoms. The van der Waals surface area contributed by atoms with E-state index in [9.17, 15) is 0 Å². The van der Waals surface area contributed by atoms with Crippen molar-refractivity contribution in [3.8, 4) is 0 Å². The number of nitrogens with one attached hydrogen (secondary N) is 1. The van der Waals surface area contributed by atoms with Gasteiger partial charge >= 0.3 is 0 Å². The van der Waals surface area contributed by atoms with E-state index in [1.807, 2.05) is 0 Å². The summed E-state index contributed by atoms with van der Waals surface area (Å²) in [7, 11) is 0. The van der Waals surface area contributed by atoms with Crippen LogP contribution in [0.15, 0.2) is 30.3 Å². The average Bonchev–Trinajstić information content (AvgIpc) is 2.89. The van der Waals surface area contributed by atoms with Gasteiger partial charge in [-0.15, -0.1) is 0 Å². The molecule has 1 aromatic carbocycles. The van der Waals surface area contributed by atoms with Gasteiger partial charge in [-0.25, -0.2) is 0 Å². The molecule has 2 heteroatoms. The molecule has 1 fully saturated rings. The van der Waals surface area contributed by atoms with Crippen LogP contribution in [0.4, 0.5) is 0 Å². The monoisotopic (exact) mass is 261 g/mol. The molecule has 0 aliphatic heterocycles. The lowest BCUT2D eigenvalue weighted by Crippen LogP contribution is -2.41.